The quantitative estimate of drug-likeness (QED) is 0.928. The van der Waals surface area contributed by atoms with Gasteiger partial charge in [0.2, 0.25) is 0 Å². The molecule has 0 unspecified atom stereocenters. The molecule has 88 valence electrons. The molecule has 1 heterocycles. The van der Waals surface area contributed by atoms with Gasteiger partial charge < -0.3 is 5.11 Å². The van der Waals surface area contributed by atoms with Crippen molar-refractivity contribution in [3.8, 4) is 0 Å². The number of carboxylic acids is 1. The Morgan fingerprint density at radius 1 is 1.44 bits per heavy atom. The summed E-state index contributed by atoms with van der Waals surface area (Å²) in [5, 5.41) is 9.87. The van der Waals surface area contributed by atoms with Crippen molar-refractivity contribution >= 4 is 33.2 Å². The molecule has 1 aliphatic rings. The van der Waals surface area contributed by atoms with E-state index in [1.54, 1.807) is 11.3 Å². The summed E-state index contributed by atoms with van der Waals surface area (Å²) in [6.07, 6.45) is 6.29. The molecular weight excluding hydrogens is 290 g/mol. The van der Waals surface area contributed by atoms with Crippen LogP contribution in [0.1, 0.15) is 48.7 Å². The van der Waals surface area contributed by atoms with Crippen molar-refractivity contribution < 1.29 is 9.90 Å². The van der Waals surface area contributed by atoms with Crippen molar-refractivity contribution in [3.05, 3.63) is 14.5 Å². The minimum Gasteiger partial charge on any atom is -0.481 e. The summed E-state index contributed by atoms with van der Waals surface area (Å²) >= 11 is 5.01. The zero-order chi connectivity index (χ0) is 11.5. The van der Waals surface area contributed by atoms with Gasteiger partial charge in [-0.3, -0.25) is 4.79 Å². The summed E-state index contributed by atoms with van der Waals surface area (Å²) in [7, 11) is 0. The molecule has 0 spiro atoms. The maximum absolute atomic E-state index is 10.7. The number of aromatic nitrogens is 1. The Bertz CT molecular complexity index is 385. The molecule has 0 aliphatic heterocycles. The maximum atomic E-state index is 10.7. The van der Waals surface area contributed by atoms with E-state index >= 15 is 0 Å². The normalized spacial score (nSPS) is 17.6. The molecule has 0 aromatic carbocycles. The third-order valence-electron chi connectivity index (χ3n) is 2.94. The molecule has 1 aromatic heterocycles. The van der Waals surface area contributed by atoms with Gasteiger partial charge in [-0.1, -0.05) is 19.3 Å². The van der Waals surface area contributed by atoms with Gasteiger partial charge in [0.05, 0.1) is 20.9 Å². The van der Waals surface area contributed by atoms with Crippen LogP contribution >= 0.6 is 27.3 Å². The highest BCUT2D eigenvalue weighted by atomic mass is 79.9. The lowest BCUT2D eigenvalue weighted by Gasteiger charge is -2.18. The predicted octanol–water partition coefficient (Wildman–Crippen LogP) is 3.58. The number of aliphatic carboxylic acids is 1. The fraction of sp³-hybridized carbons (Fsp3) is 0.636. The second-order valence-corrected chi connectivity index (χ2v) is 6.53. The van der Waals surface area contributed by atoms with Gasteiger partial charge in [-0.2, -0.15) is 0 Å². The van der Waals surface area contributed by atoms with Crippen LogP contribution in [-0.2, 0) is 11.2 Å². The summed E-state index contributed by atoms with van der Waals surface area (Å²) < 4.78 is 0.885. The molecule has 3 nitrogen and oxygen atoms in total. The van der Waals surface area contributed by atoms with Gasteiger partial charge in [0.25, 0.3) is 0 Å². The Morgan fingerprint density at radius 3 is 2.75 bits per heavy atom. The highest BCUT2D eigenvalue weighted by Crippen LogP contribution is 2.37. The standard InChI is InChI=1S/C11H14BrNO2S/c12-10-8(6-9(14)15)13-11(16-10)7-4-2-1-3-5-7/h7H,1-6H2,(H,14,15). The van der Waals surface area contributed by atoms with E-state index in [0.717, 1.165) is 8.79 Å². The monoisotopic (exact) mass is 303 g/mol. The second-order valence-electron chi connectivity index (χ2n) is 4.18. The van der Waals surface area contributed by atoms with Crippen molar-refractivity contribution in [2.75, 3.05) is 0 Å². The zero-order valence-corrected chi connectivity index (χ0v) is 11.3. The smallest absolute Gasteiger partial charge is 0.309 e. The molecule has 1 saturated carbocycles. The Hall–Kier alpha value is -0.420. The lowest BCUT2D eigenvalue weighted by Crippen LogP contribution is -2.05. The maximum Gasteiger partial charge on any atom is 0.309 e. The summed E-state index contributed by atoms with van der Waals surface area (Å²) in [6.45, 7) is 0. The van der Waals surface area contributed by atoms with Crippen LogP contribution in [0.5, 0.6) is 0 Å². The molecule has 2 rings (SSSR count). The van der Waals surface area contributed by atoms with Crippen molar-refractivity contribution in [3.63, 3.8) is 0 Å². The number of thiazole rings is 1. The van der Waals surface area contributed by atoms with E-state index in [4.69, 9.17) is 5.11 Å². The van der Waals surface area contributed by atoms with Crippen LogP contribution in [-0.4, -0.2) is 16.1 Å². The predicted molar refractivity (Wildman–Crippen MR) is 67.0 cm³/mol. The number of hydrogen-bond donors (Lipinski definition) is 1. The van der Waals surface area contributed by atoms with Crippen LogP contribution in [0, 0.1) is 0 Å². The molecular formula is C11H14BrNO2S. The first kappa shape index (κ1) is 12.0. The summed E-state index contributed by atoms with van der Waals surface area (Å²) in [5.41, 5.74) is 0.679. The summed E-state index contributed by atoms with van der Waals surface area (Å²) in [5.74, 6) is -0.265. The molecule has 1 N–H and O–H groups in total. The fourth-order valence-electron chi connectivity index (χ4n) is 2.13. The lowest BCUT2D eigenvalue weighted by atomic mass is 9.90. The van der Waals surface area contributed by atoms with E-state index < -0.39 is 5.97 Å². The van der Waals surface area contributed by atoms with E-state index in [2.05, 4.69) is 20.9 Å². The molecule has 0 amide bonds. The first-order valence-electron chi connectivity index (χ1n) is 5.53. The molecule has 1 aromatic rings. The molecule has 0 bridgehead atoms. The number of carboxylic acid groups (broad SMARTS) is 1. The highest BCUT2D eigenvalue weighted by molar-refractivity contribution is 9.11. The van der Waals surface area contributed by atoms with Gasteiger partial charge in [-0.25, -0.2) is 4.98 Å². The van der Waals surface area contributed by atoms with Gasteiger partial charge in [0.15, 0.2) is 0 Å². The van der Waals surface area contributed by atoms with Crippen LogP contribution in [0.25, 0.3) is 0 Å². The Labute approximate surface area is 107 Å². The van der Waals surface area contributed by atoms with Crippen LogP contribution in [0.2, 0.25) is 0 Å². The Morgan fingerprint density at radius 2 is 2.12 bits per heavy atom. The molecule has 0 atom stereocenters. The van der Waals surface area contributed by atoms with Gasteiger partial charge in [-0.05, 0) is 28.8 Å². The first-order chi connectivity index (χ1) is 7.66. The fourth-order valence-corrected chi connectivity index (χ4v) is 3.83. The molecule has 0 saturated heterocycles. The van der Waals surface area contributed by atoms with Crippen molar-refractivity contribution in [1.29, 1.82) is 0 Å². The van der Waals surface area contributed by atoms with Crippen molar-refractivity contribution in [1.82, 2.24) is 4.98 Å². The third kappa shape index (κ3) is 2.83. The molecule has 16 heavy (non-hydrogen) atoms. The van der Waals surface area contributed by atoms with E-state index in [1.165, 1.54) is 32.1 Å². The topological polar surface area (TPSA) is 50.2 Å². The van der Waals surface area contributed by atoms with E-state index in [9.17, 15) is 4.79 Å². The van der Waals surface area contributed by atoms with E-state index in [0.29, 0.717) is 11.6 Å². The number of halogens is 1. The second kappa shape index (κ2) is 5.27. The SMILES string of the molecule is O=C(O)Cc1nc(C2CCCCC2)sc1Br. The lowest BCUT2D eigenvalue weighted by molar-refractivity contribution is -0.136. The van der Waals surface area contributed by atoms with Crippen LogP contribution in [0.3, 0.4) is 0 Å². The molecule has 5 heteroatoms. The zero-order valence-electron chi connectivity index (χ0n) is 8.91. The largest absolute Gasteiger partial charge is 0.481 e. The third-order valence-corrected chi connectivity index (χ3v) is 4.93. The number of rotatable bonds is 3. The minimum absolute atomic E-state index is 0.0177. The number of carbonyl (C=O) groups is 1. The average Bonchev–Trinajstić information content (AvgIpc) is 2.61. The Balaban J connectivity index is 2.12. The molecule has 1 fully saturated rings. The average molecular weight is 304 g/mol. The Kier molecular flexibility index (Phi) is 3.97. The van der Waals surface area contributed by atoms with Gasteiger partial charge >= 0.3 is 5.97 Å². The van der Waals surface area contributed by atoms with E-state index in [1.807, 2.05) is 0 Å². The summed E-state index contributed by atoms with van der Waals surface area (Å²) in [6, 6.07) is 0. The van der Waals surface area contributed by atoms with E-state index in [-0.39, 0.29) is 6.42 Å². The van der Waals surface area contributed by atoms with Crippen LogP contribution in [0.4, 0.5) is 0 Å². The number of hydrogen-bond acceptors (Lipinski definition) is 3. The van der Waals surface area contributed by atoms with Crippen LogP contribution < -0.4 is 0 Å². The molecule has 1 aliphatic carbocycles. The first-order valence-corrected chi connectivity index (χ1v) is 7.14. The van der Waals surface area contributed by atoms with Crippen molar-refractivity contribution in [2.45, 2.75) is 44.4 Å². The van der Waals surface area contributed by atoms with Gasteiger partial charge in [0.1, 0.15) is 0 Å². The summed E-state index contributed by atoms with van der Waals surface area (Å²) in [4.78, 5) is 15.1. The highest BCUT2D eigenvalue weighted by Gasteiger charge is 2.21. The van der Waals surface area contributed by atoms with Crippen LogP contribution in [0.15, 0.2) is 3.79 Å². The van der Waals surface area contributed by atoms with Gasteiger partial charge in [0, 0.05) is 5.92 Å². The number of nitrogens with zero attached hydrogens (tertiary/aromatic N) is 1. The minimum atomic E-state index is -0.818. The van der Waals surface area contributed by atoms with Gasteiger partial charge in [-0.15, -0.1) is 11.3 Å². The van der Waals surface area contributed by atoms with Crippen molar-refractivity contribution in [2.24, 2.45) is 0 Å². The molecule has 0 radical (unpaired) electrons.